The van der Waals surface area contributed by atoms with E-state index in [9.17, 15) is 4.79 Å². The third-order valence-corrected chi connectivity index (χ3v) is 3.06. The van der Waals surface area contributed by atoms with Crippen molar-refractivity contribution >= 4 is 28.9 Å². The van der Waals surface area contributed by atoms with Crippen LogP contribution in [0.15, 0.2) is 12.1 Å². The molecule has 0 saturated heterocycles. The topological polar surface area (TPSA) is 72.3 Å². The van der Waals surface area contributed by atoms with E-state index in [0.29, 0.717) is 27.9 Å². The second kappa shape index (κ2) is 5.96. The Morgan fingerprint density at radius 3 is 2.56 bits per heavy atom. The smallest absolute Gasteiger partial charge is 0.250 e. The molecule has 0 bridgehead atoms. The minimum absolute atomic E-state index is 0.367. The number of nitrogens with two attached hydrogens (primary N) is 2. The van der Waals surface area contributed by atoms with Crippen LogP contribution in [-0.2, 0) is 0 Å². The Morgan fingerprint density at radius 1 is 1.44 bits per heavy atom. The maximum Gasteiger partial charge on any atom is 0.250 e. The number of primary amides is 1. The van der Waals surface area contributed by atoms with Crippen molar-refractivity contribution in [3.63, 3.8) is 0 Å². The molecule has 4 N–H and O–H groups in total. The SMILES string of the molecule is CC(C)CCN(C)c1c(Cl)cc(N)cc1C(N)=O. The second-order valence-electron chi connectivity index (χ2n) is 4.87. The number of hydrogen-bond donors (Lipinski definition) is 2. The zero-order chi connectivity index (χ0) is 13.9. The first kappa shape index (κ1) is 14.6. The van der Waals surface area contributed by atoms with Gasteiger partial charge in [0.25, 0.3) is 5.91 Å². The van der Waals surface area contributed by atoms with Crippen molar-refractivity contribution in [1.29, 1.82) is 0 Å². The van der Waals surface area contributed by atoms with Crippen LogP contribution < -0.4 is 16.4 Å². The number of carbonyl (C=O) groups is 1. The molecule has 1 rings (SSSR count). The van der Waals surface area contributed by atoms with Gasteiger partial charge < -0.3 is 16.4 Å². The van der Waals surface area contributed by atoms with Crippen molar-refractivity contribution in [2.75, 3.05) is 24.2 Å². The molecule has 5 heteroatoms. The van der Waals surface area contributed by atoms with Crippen LogP contribution in [-0.4, -0.2) is 19.5 Å². The average Bonchev–Trinajstić information content (AvgIpc) is 2.24. The molecule has 0 spiro atoms. The van der Waals surface area contributed by atoms with Gasteiger partial charge in [-0.1, -0.05) is 25.4 Å². The molecule has 4 nitrogen and oxygen atoms in total. The summed E-state index contributed by atoms with van der Waals surface area (Å²) < 4.78 is 0. The zero-order valence-electron chi connectivity index (χ0n) is 11.0. The zero-order valence-corrected chi connectivity index (χ0v) is 11.8. The molecule has 0 aliphatic carbocycles. The lowest BCUT2D eigenvalue weighted by Gasteiger charge is -2.24. The molecule has 0 aliphatic heterocycles. The molecule has 0 aromatic heterocycles. The Labute approximate surface area is 113 Å². The lowest BCUT2D eigenvalue weighted by Crippen LogP contribution is -2.24. The highest BCUT2D eigenvalue weighted by Gasteiger charge is 2.17. The predicted molar refractivity (Wildman–Crippen MR) is 77.1 cm³/mol. The molecule has 1 aromatic rings. The molecule has 0 unspecified atom stereocenters. The van der Waals surface area contributed by atoms with Gasteiger partial charge in [-0.05, 0) is 24.5 Å². The molecule has 1 aromatic carbocycles. The summed E-state index contributed by atoms with van der Waals surface area (Å²) >= 11 is 6.16. The van der Waals surface area contributed by atoms with Gasteiger partial charge in [0, 0.05) is 19.3 Å². The summed E-state index contributed by atoms with van der Waals surface area (Å²) in [5.41, 5.74) is 12.5. The van der Waals surface area contributed by atoms with Crippen molar-refractivity contribution in [3.05, 3.63) is 22.7 Å². The molecule has 0 aliphatic rings. The van der Waals surface area contributed by atoms with E-state index >= 15 is 0 Å². The molecule has 0 atom stereocenters. The van der Waals surface area contributed by atoms with Crippen LogP contribution in [0, 0.1) is 5.92 Å². The fourth-order valence-corrected chi connectivity index (χ4v) is 2.13. The van der Waals surface area contributed by atoms with E-state index in [0.717, 1.165) is 13.0 Å². The van der Waals surface area contributed by atoms with E-state index < -0.39 is 5.91 Å². The first-order chi connectivity index (χ1) is 8.32. The maximum absolute atomic E-state index is 11.5. The molecule has 0 fully saturated rings. The highest BCUT2D eigenvalue weighted by atomic mass is 35.5. The standard InChI is InChI=1S/C13H20ClN3O/c1-8(2)4-5-17(3)12-10(13(16)18)6-9(15)7-11(12)14/h6-8H,4-5,15H2,1-3H3,(H2,16,18). The van der Waals surface area contributed by atoms with Crippen molar-refractivity contribution in [3.8, 4) is 0 Å². The van der Waals surface area contributed by atoms with Crippen molar-refractivity contribution in [1.82, 2.24) is 0 Å². The normalized spacial score (nSPS) is 10.7. The fourth-order valence-electron chi connectivity index (χ4n) is 1.76. The summed E-state index contributed by atoms with van der Waals surface area (Å²) in [4.78, 5) is 13.4. The molecule has 0 saturated carbocycles. The molecular formula is C13H20ClN3O. The quantitative estimate of drug-likeness (QED) is 0.807. The summed E-state index contributed by atoms with van der Waals surface area (Å²) in [6.07, 6.45) is 1.01. The Kier molecular flexibility index (Phi) is 4.84. The van der Waals surface area contributed by atoms with Gasteiger partial charge in [-0.3, -0.25) is 4.79 Å². The van der Waals surface area contributed by atoms with Crippen LogP contribution in [0.3, 0.4) is 0 Å². The molecule has 100 valence electrons. The summed E-state index contributed by atoms with van der Waals surface area (Å²) in [7, 11) is 1.90. The molecular weight excluding hydrogens is 250 g/mol. The summed E-state index contributed by atoms with van der Waals surface area (Å²) in [5, 5.41) is 0.454. The number of anilines is 2. The molecule has 0 radical (unpaired) electrons. The highest BCUT2D eigenvalue weighted by Crippen LogP contribution is 2.32. The summed E-state index contributed by atoms with van der Waals surface area (Å²) in [6, 6.07) is 3.20. The minimum Gasteiger partial charge on any atom is -0.399 e. The van der Waals surface area contributed by atoms with Gasteiger partial charge in [-0.15, -0.1) is 0 Å². The van der Waals surface area contributed by atoms with E-state index in [2.05, 4.69) is 13.8 Å². The van der Waals surface area contributed by atoms with Crippen molar-refractivity contribution < 1.29 is 4.79 Å². The average molecular weight is 270 g/mol. The highest BCUT2D eigenvalue weighted by molar-refractivity contribution is 6.34. The number of nitrogen functional groups attached to an aromatic ring is 1. The maximum atomic E-state index is 11.5. The first-order valence-electron chi connectivity index (χ1n) is 5.93. The first-order valence-corrected chi connectivity index (χ1v) is 6.30. The van der Waals surface area contributed by atoms with E-state index in [1.165, 1.54) is 0 Å². The lowest BCUT2D eigenvalue weighted by molar-refractivity contribution is 0.100. The van der Waals surface area contributed by atoms with E-state index in [1.807, 2.05) is 11.9 Å². The Morgan fingerprint density at radius 2 is 2.06 bits per heavy atom. The monoisotopic (exact) mass is 269 g/mol. The molecule has 0 heterocycles. The number of carbonyl (C=O) groups excluding carboxylic acids is 1. The van der Waals surface area contributed by atoms with Gasteiger partial charge in [0.2, 0.25) is 0 Å². The van der Waals surface area contributed by atoms with Gasteiger partial charge in [0.1, 0.15) is 0 Å². The van der Waals surface area contributed by atoms with E-state index in [-0.39, 0.29) is 0 Å². The fraction of sp³-hybridized carbons (Fsp3) is 0.462. The second-order valence-corrected chi connectivity index (χ2v) is 5.27. The van der Waals surface area contributed by atoms with Crippen LogP contribution in [0.5, 0.6) is 0 Å². The van der Waals surface area contributed by atoms with Gasteiger partial charge in [0.05, 0.1) is 16.3 Å². The lowest BCUT2D eigenvalue weighted by atomic mass is 10.1. The molecule has 1 amide bonds. The van der Waals surface area contributed by atoms with Crippen LogP contribution in [0.2, 0.25) is 5.02 Å². The van der Waals surface area contributed by atoms with Gasteiger partial charge in [-0.2, -0.15) is 0 Å². The predicted octanol–water partition coefficient (Wildman–Crippen LogP) is 2.50. The van der Waals surface area contributed by atoms with Gasteiger partial charge in [-0.25, -0.2) is 0 Å². The number of halogens is 1. The van der Waals surface area contributed by atoms with Crippen LogP contribution in [0.4, 0.5) is 11.4 Å². The van der Waals surface area contributed by atoms with E-state index in [1.54, 1.807) is 12.1 Å². The minimum atomic E-state index is -0.518. The Hall–Kier alpha value is -1.42. The van der Waals surface area contributed by atoms with Crippen LogP contribution in [0.1, 0.15) is 30.6 Å². The number of benzene rings is 1. The van der Waals surface area contributed by atoms with Gasteiger partial charge >= 0.3 is 0 Å². The Balaban J connectivity index is 3.09. The van der Waals surface area contributed by atoms with Crippen LogP contribution >= 0.6 is 11.6 Å². The number of nitrogens with zero attached hydrogens (tertiary/aromatic N) is 1. The largest absolute Gasteiger partial charge is 0.399 e. The number of amides is 1. The van der Waals surface area contributed by atoms with Crippen molar-refractivity contribution in [2.24, 2.45) is 11.7 Å². The van der Waals surface area contributed by atoms with Gasteiger partial charge in [0.15, 0.2) is 0 Å². The summed E-state index contributed by atoms with van der Waals surface area (Å²) in [6.45, 7) is 5.10. The number of rotatable bonds is 5. The third kappa shape index (κ3) is 3.53. The summed E-state index contributed by atoms with van der Waals surface area (Å²) in [5.74, 6) is 0.0626. The third-order valence-electron chi connectivity index (χ3n) is 2.77. The van der Waals surface area contributed by atoms with Crippen LogP contribution in [0.25, 0.3) is 0 Å². The molecule has 18 heavy (non-hydrogen) atoms. The Bertz CT molecular complexity index is 446. The number of hydrogen-bond acceptors (Lipinski definition) is 3. The van der Waals surface area contributed by atoms with E-state index in [4.69, 9.17) is 23.1 Å². The van der Waals surface area contributed by atoms with Crippen molar-refractivity contribution in [2.45, 2.75) is 20.3 Å².